The summed E-state index contributed by atoms with van der Waals surface area (Å²) >= 11 is 7.06. The molecule has 13 heteroatoms. The van der Waals surface area contributed by atoms with Gasteiger partial charge in [-0.15, -0.1) is 0 Å². The molecule has 4 aromatic rings. The Bertz CT molecular complexity index is 1950. The van der Waals surface area contributed by atoms with Gasteiger partial charge in [-0.05, 0) is 55.8 Å². The summed E-state index contributed by atoms with van der Waals surface area (Å²) in [4.78, 5) is 42.9. The molecule has 41 heavy (non-hydrogen) atoms. The van der Waals surface area contributed by atoms with Gasteiger partial charge in [0, 0.05) is 17.2 Å². The number of esters is 1. The Balaban J connectivity index is 1.47. The summed E-state index contributed by atoms with van der Waals surface area (Å²) in [7, 11) is 0. The fourth-order valence-electron chi connectivity index (χ4n) is 4.76. The van der Waals surface area contributed by atoms with Crippen LogP contribution in [-0.2, 0) is 9.53 Å². The maximum absolute atomic E-state index is 13.8. The highest BCUT2D eigenvalue weighted by molar-refractivity contribution is 7.07. The Kier molecular flexibility index (Phi) is 6.72. The Morgan fingerprint density at radius 2 is 2.02 bits per heavy atom. The normalized spacial score (nSPS) is 16.0. The molecule has 0 radical (unpaired) electrons. The molecule has 4 heterocycles. The number of nitro groups is 1. The van der Waals surface area contributed by atoms with Crippen LogP contribution in [0.25, 0.3) is 17.4 Å². The molecule has 2 aromatic carbocycles. The van der Waals surface area contributed by atoms with E-state index in [0.717, 1.165) is 11.3 Å². The number of thiazole rings is 1. The van der Waals surface area contributed by atoms with Gasteiger partial charge in [0.2, 0.25) is 6.79 Å². The summed E-state index contributed by atoms with van der Waals surface area (Å²) in [6.07, 6.45) is 1.54. The molecule has 0 spiro atoms. The van der Waals surface area contributed by atoms with E-state index in [1.807, 2.05) is 0 Å². The molecule has 6 rings (SSSR count). The lowest BCUT2D eigenvalue weighted by molar-refractivity contribution is -0.384. The maximum Gasteiger partial charge on any atom is 0.338 e. The number of hydrogen-bond donors (Lipinski definition) is 0. The smallest absolute Gasteiger partial charge is 0.338 e. The minimum Gasteiger partial charge on any atom is -0.463 e. The SMILES string of the molecule is CCOC(=O)C1=C(C)N=c2s/c(=C\c3ccc(-c4ccc(Cl)cc4[N+](=O)[O-])o3)c(=O)n2[C@H]1c1ccc2c(c1)OCO2. The first kappa shape index (κ1) is 26.5. The van der Waals surface area contributed by atoms with Crippen molar-refractivity contribution in [1.29, 1.82) is 0 Å². The zero-order chi connectivity index (χ0) is 28.8. The number of fused-ring (bicyclic) bond motifs is 2. The summed E-state index contributed by atoms with van der Waals surface area (Å²) in [5.41, 5.74) is 0.923. The van der Waals surface area contributed by atoms with Crippen molar-refractivity contribution in [2.24, 2.45) is 4.99 Å². The number of carbonyl (C=O) groups is 1. The van der Waals surface area contributed by atoms with Gasteiger partial charge >= 0.3 is 5.97 Å². The molecule has 0 N–H and O–H groups in total. The molecule has 0 bridgehead atoms. The number of nitrogens with zero attached hydrogens (tertiary/aromatic N) is 3. The quantitative estimate of drug-likeness (QED) is 0.183. The van der Waals surface area contributed by atoms with Crippen molar-refractivity contribution in [3.63, 3.8) is 0 Å². The molecule has 0 amide bonds. The molecule has 0 aliphatic carbocycles. The molecule has 2 aromatic heterocycles. The number of rotatable bonds is 6. The van der Waals surface area contributed by atoms with Crippen LogP contribution < -0.4 is 24.4 Å². The molecule has 2 aliphatic heterocycles. The van der Waals surface area contributed by atoms with E-state index in [4.69, 9.17) is 30.2 Å². The predicted molar refractivity (Wildman–Crippen MR) is 149 cm³/mol. The van der Waals surface area contributed by atoms with E-state index < -0.39 is 22.5 Å². The lowest BCUT2D eigenvalue weighted by Gasteiger charge is -2.24. The Hall–Kier alpha value is -4.68. The molecule has 2 aliphatic rings. The summed E-state index contributed by atoms with van der Waals surface area (Å²) in [6, 6.07) is 11.9. The van der Waals surface area contributed by atoms with Gasteiger partial charge in [0.1, 0.15) is 11.5 Å². The number of nitro benzene ring substituents is 1. The van der Waals surface area contributed by atoms with E-state index in [0.29, 0.717) is 37.9 Å². The van der Waals surface area contributed by atoms with Crippen molar-refractivity contribution in [3.05, 3.63) is 106 Å². The van der Waals surface area contributed by atoms with Crippen LogP contribution in [0, 0.1) is 10.1 Å². The van der Waals surface area contributed by atoms with Gasteiger partial charge in [-0.2, -0.15) is 0 Å². The molecular formula is C28H20ClN3O8S. The zero-order valence-electron chi connectivity index (χ0n) is 21.6. The third kappa shape index (κ3) is 4.70. The van der Waals surface area contributed by atoms with E-state index >= 15 is 0 Å². The monoisotopic (exact) mass is 593 g/mol. The number of ether oxygens (including phenoxy) is 3. The van der Waals surface area contributed by atoms with Crippen molar-refractivity contribution in [1.82, 2.24) is 4.57 Å². The number of carbonyl (C=O) groups excluding carboxylic acids is 1. The summed E-state index contributed by atoms with van der Waals surface area (Å²) in [5, 5.41) is 11.8. The average Bonchev–Trinajstić information content (AvgIpc) is 3.67. The summed E-state index contributed by atoms with van der Waals surface area (Å²) < 4.78 is 23.9. The largest absolute Gasteiger partial charge is 0.463 e. The number of hydrogen-bond acceptors (Lipinski definition) is 10. The summed E-state index contributed by atoms with van der Waals surface area (Å²) in [6.45, 7) is 3.63. The molecule has 0 fully saturated rings. The Labute approximate surface area is 240 Å². The molecule has 0 saturated carbocycles. The predicted octanol–water partition coefficient (Wildman–Crippen LogP) is 4.35. The second-order valence-electron chi connectivity index (χ2n) is 9.04. The highest BCUT2D eigenvalue weighted by Gasteiger charge is 2.34. The van der Waals surface area contributed by atoms with Crippen LogP contribution in [0.2, 0.25) is 5.02 Å². The van der Waals surface area contributed by atoms with Crippen molar-refractivity contribution >= 4 is 40.7 Å². The van der Waals surface area contributed by atoms with Crippen LogP contribution in [0.4, 0.5) is 5.69 Å². The van der Waals surface area contributed by atoms with Gasteiger partial charge < -0.3 is 18.6 Å². The van der Waals surface area contributed by atoms with Gasteiger partial charge in [0.25, 0.3) is 11.2 Å². The number of halogens is 1. The molecule has 0 saturated heterocycles. The number of aromatic nitrogens is 1. The molecule has 1 atom stereocenters. The van der Waals surface area contributed by atoms with E-state index in [2.05, 4.69) is 4.99 Å². The van der Waals surface area contributed by atoms with E-state index in [9.17, 15) is 19.7 Å². The van der Waals surface area contributed by atoms with Crippen LogP contribution in [0.3, 0.4) is 0 Å². The first-order valence-electron chi connectivity index (χ1n) is 12.4. The van der Waals surface area contributed by atoms with Gasteiger partial charge in [-0.1, -0.05) is 29.0 Å². The van der Waals surface area contributed by atoms with Gasteiger partial charge in [0.15, 0.2) is 16.3 Å². The van der Waals surface area contributed by atoms with Crippen LogP contribution in [-0.4, -0.2) is 28.9 Å². The molecule has 208 valence electrons. The van der Waals surface area contributed by atoms with Gasteiger partial charge in [0.05, 0.1) is 38.9 Å². The molecular weight excluding hydrogens is 574 g/mol. The van der Waals surface area contributed by atoms with Crippen LogP contribution >= 0.6 is 22.9 Å². The zero-order valence-corrected chi connectivity index (χ0v) is 23.2. The van der Waals surface area contributed by atoms with Crippen molar-refractivity contribution < 1.29 is 28.3 Å². The van der Waals surface area contributed by atoms with Crippen molar-refractivity contribution in [2.45, 2.75) is 19.9 Å². The fraction of sp³-hybridized carbons (Fsp3) is 0.179. The van der Waals surface area contributed by atoms with Gasteiger partial charge in [-0.3, -0.25) is 19.5 Å². The van der Waals surface area contributed by atoms with Crippen molar-refractivity contribution in [2.75, 3.05) is 13.4 Å². The van der Waals surface area contributed by atoms with E-state index in [1.54, 1.807) is 44.2 Å². The highest BCUT2D eigenvalue weighted by atomic mass is 35.5. The number of benzene rings is 2. The highest BCUT2D eigenvalue weighted by Crippen LogP contribution is 2.38. The lowest BCUT2D eigenvalue weighted by atomic mass is 9.95. The number of allylic oxidation sites excluding steroid dienone is 1. The van der Waals surface area contributed by atoms with Crippen LogP contribution in [0.1, 0.15) is 31.2 Å². The third-order valence-corrected chi connectivity index (χ3v) is 7.77. The van der Waals surface area contributed by atoms with E-state index in [-0.39, 0.29) is 41.0 Å². The minimum absolute atomic E-state index is 0.0749. The summed E-state index contributed by atoms with van der Waals surface area (Å²) in [5.74, 6) is 1.03. The second kappa shape index (κ2) is 10.4. The van der Waals surface area contributed by atoms with E-state index in [1.165, 1.54) is 28.8 Å². The Morgan fingerprint density at radius 1 is 1.22 bits per heavy atom. The number of furan rings is 1. The van der Waals surface area contributed by atoms with Crippen LogP contribution in [0.15, 0.2) is 74.0 Å². The first-order valence-corrected chi connectivity index (χ1v) is 13.6. The Morgan fingerprint density at radius 3 is 2.80 bits per heavy atom. The first-order chi connectivity index (χ1) is 19.7. The van der Waals surface area contributed by atoms with Crippen LogP contribution in [0.5, 0.6) is 11.5 Å². The standard InChI is InChI=1S/C28H20ClN3O8S/c1-3-37-27(34)24-14(2)30-28-31(25(24)15-4-8-21-22(10-15)39-13-38-21)26(33)23(41-28)12-17-6-9-20(40-17)18-7-5-16(29)11-19(18)32(35)36/h4-12,25H,3,13H2,1-2H3/b23-12-/t25-/m0/s1. The fourth-order valence-corrected chi connectivity index (χ4v) is 5.95. The lowest BCUT2D eigenvalue weighted by Crippen LogP contribution is -2.39. The maximum atomic E-state index is 13.8. The third-order valence-electron chi connectivity index (χ3n) is 6.55. The average molecular weight is 594 g/mol. The van der Waals surface area contributed by atoms with Crippen molar-refractivity contribution in [3.8, 4) is 22.8 Å². The molecule has 11 nitrogen and oxygen atoms in total. The minimum atomic E-state index is -0.828. The molecule has 0 unspecified atom stereocenters. The topological polar surface area (TPSA) is 135 Å². The van der Waals surface area contributed by atoms with Gasteiger partial charge in [-0.25, -0.2) is 9.79 Å². The second-order valence-corrected chi connectivity index (χ2v) is 10.5.